The van der Waals surface area contributed by atoms with Gasteiger partial charge < -0.3 is 10.1 Å². The third-order valence-corrected chi connectivity index (χ3v) is 3.88. The van der Waals surface area contributed by atoms with Crippen LogP contribution in [0.2, 0.25) is 5.02 Å². The molecule has 0 bridgehead atoms. The molecular formula is C18H15ClN2O2. The fourth-order valence-electron chi connectivity index (χ4n) is 2.26. The lowest BCUT2D eigenvalue weighted by atomic mass is 10.1. The molecule has 116 valence electrons. The summed E-state index contributed by atoms with van der Waals surface area (Å²) in [4.78, 5) is 16.2. The molecule has 1 aromatic heterocycles. The Morgan fingerprint density at radius 3 is 2.96 bits per heavy atom. The highest BCUT2D eigenvalue weighted by molar-refractivity contribution is 6.31. The van der Waals surface area contributed by atoms with E-state index < -0.39 is 0 Å². The van der Waals surface area contributed by atoms with Gasteiger partial charge in [-0.1, -0.05) is 23.7 Å². The molecule has 0 saturated carbocycles. The average molecular weight is 327 g/mol. The molecule has 0 aliphatic rings. The topological polar surface area (TPSA) is 51.2 Å². The number of carbonyl (C=O) groups is 1. The van der Waals surface area contributed by atoms with E-state index in [9.17, 15) is 4.79 Å². The van der Waals surface area contributed by atoms with Gasteiger partial charge in [0.05, 0.1) is 5.69 Å². The summed E-state index contributed by atoms with van der Waals surface area (Å²) in [5.74, 6) is 0.385. The van der Waals surface area contributed by atoms with E-state index in [1.807, 2.05) is 31.2 Å². The van der Waals surface area contributed by atoms with Gasteiger partial charge in [-0.25, -0.2) is 0 Å². The van der Waals surface area contributed by atoms with E-state index in [2.05, 4.69) is 10.3 Å². The Morgan fingerprint density at radius 1 is 1.26 bits per heavy atom. The first-order chi connectivity index (χ1) is 11.1. The van der Waals surface area contributed by atoms with E-state index in [-0.39, 0.29) is 12.5 Å². The van der Waals surface area contributed by atoms with Crippen LogP contribution >= 0.6 is 11.6 Å². The maximum Gasteiger partial charge on any atom is 0.262 e. The van der Waals surface area contributed by atoms with Gasteiger partial charge in [0.2, 0.25) is 0 Å². The Bertz CT molecular complexity index is 859. The van der Waals surface area contributed by atoms with Crippen LogP contribution in [0.3, 0.4) is 0 Å². The summed E-state index contributed by atoms with van der Waals surface area (Å²) >= 11 is 5.97. The molecule has 0 aliphatic carbocycles. The largest absolute Gasteiger partial charge is 0.484 e. The summed E-state index contributed by atoms with van der Waals surface area (Å²) in [6, 6.07) is 12.9. The fraction of sp³-hybridized carbons (Fsp3) is 0.111. The van der Waals surface area contributed by atoms with Crippen molar-refractivity contribution >= 4 is 34.0 Å². The molecule has 23 heavy (non-hydrogen) atoms. The highest BCUT2D eigenvalue weighted by Gasteiger charge is 2.07. The second-order valence-electron chi connectivity index (χ2n) is 5.15. The van der Waals surface area contributed by atoms with Gasteiger partial charge in [0, 0.05) is 22.8 Å². The third-order valence-electron chi connectivity index (χ3n) is 3.46. The lowest BCUT2D eigenvalue weighted by molar-refractivity contribution is -0.118. The summed E-state index contributed by atoms with van der Waals surface area (Å²) in [6.45, 7) is 1.82. The van der Waals surface area contributed by atoms with Crippen LogP contribution in [0, 0.1) is 6.92 Å². The number of anilines is 1. The van der Waals surface area contributed by atoms with Gasteiger partial charge in [-0.05, 0) is 48.2 Å². The van der Waals surface area contributed by atoms with Crippen molar-refractivity contribution in [2.24, 2.45) is 0 Å². The van der Waals surface area contributed by atoms with E-state index in [4.69, 9.17) is 16.3 Å². The lowest BCUT2D eigenvalue weighted by Gasteiger charge is -2.10. The minimum Gasteiger partial charge on any atom is -0.484 e. The van der Waals surface area contributed by atoms with E-state index >= 15 is 0 Å². The summed E-state index contributed by atoms with van der Waals surface area (Å²) in [7, 11) is 0. The van der Waals surface area contributed by atoms with Crippen LogP contribution in [0.15, 0.2) is 54.9 Å². The number of hydrogen-bond acceptors (Lipinski definition) is 3. The zero-order valence-electron chi connectivity index (χ0n) is 12.5. The van der Waals surface area contributed by atoms with E-state index in [1.165, 1.54) is 0 Å². The maximum absolute atomic E-state index is 12.1. The molecule has 4 nitrogen and oxygen atoms in total. The predicted octanol–water partition coefficient (Wildman–Crippen LogP) is 4.21. The van der Waals surface area contributed by atoms with Crippen LogP contribution in [-0.2, 0) is 4.79 Å². The van der Waals surface area contributed by atoms with Crippen LogP contribution in [0.25, 0.3) is 10.8 Å². The highest BCUT2D eigenvalue weighted by atomic mass is 35.5. The van der Waals surface area contributed by atoms with Crippen molar-refractivity contribution in [1.29, 1.82) is 0 Å². The van der Waals surface area contributed by atoms with Crippen LogP contribution in [-0.4, -0.2) is 17.5 Å². The minimum absolute atomic E-state index is 0.0717. The van der Waals surface area contributed by atoms with Crippen LogP contribution in [0.1, 0.15) is 5.56 Å². The molecule has 0 radical (unpaired) electrons. The number of aromatic nitrogens is 1. The van der Waals surface area contributed by atoms with E-state index in [0.717, 1.165) is 22.0 Å². The average Bonchev–Trinajstić information content (AvgIpc) is 2.56. The van der Waals surface area contributed by atoms with E-state index in [0.29, 0.717) is 10.8 Å². The molecule has 1 N–H and O–H groups in total. The zero-order valence-corrected chi connectivity index (χ0v) is 13.3. The standard InChI is InChI=1S/C18H15ClN2O2/c1-12-9-14(5-6-16(12)19)23-11-18(22)21-17-4-2-3-13-7-8-20-10-15(13)17/h2-10H,11H2,1H3,(H,21,22). The number of carbonyl (C=O) groups excluding carboxylic acids is 1. The first-order valence-electron chi connectivity index (χ1n) is 7.15. The number of benzene rings is 2. The smallest absolute Gasteiger partial charge is 0.262 e. The molecule has 0 saturated heterocycles. The van der Waals surface area contributed by atoms with Crippen LogP contribution in [0.4, 0.5) is 5.69 Å². The molecule has 0 aliphatic heterocycles. The Morgan fingerprint density at radius 2 is 2.13 bits per heavy atom. The van der Waals surface area contributed by atoms with Crippen molar-refractivity contribution in [2.75, 3.05) is 11.9 Å². The number of ether oxygens (including phenoxy) is 1. The third kappa shape index (κ3) is 3.60. The number of nitrogens with zero attached hydrogens (tertiary/aromatic N) is 1. The van der Waals surface area contributed by atoms with Crippen molar-refractivity contribution < 1.29 is 9.53 Å². The molecule has 0 unspecified atom stereocenters. The number of aryl methyl sites for hydroxylation is 1. The van der Waals surface area contributed by atoms with Gasteiger partial charge >= 0.3 is 0 Å². The van der Waals surface area contributed by atoms with Crippen molar-refractivity contribution in [3.63, 3.8) is 0 Å². The molecule has 1 amide bonds. The van der Waals surface area contributed by atoms with Crippen LogP contribution < -0.4 is 10.1 Å². The number of fused-ring (bicyclic) bond motifs is 1. The molecule has 0 atom stereocenters. The number of halogens is 1. The first-order valence-corrected chi connectivity index (χ1v) is 7.53. The van der Waals surface area contributed by atoms with Gasteiger partial charge in [-0.15, -0.1) is 0 Å². The SMILES string of the molecule is Cc1cc(OCC(=O)Nc2cccc3ccncc23)ccc1Cl. The quantitative estimate of drug-likeness (QED) is 0.781. The first kappa shape index (κ1) is 15.3. The van der Waals surface area contributed by atoms with Gasteiger partial charge in [0.15, 0.2) is 6.61 Å². The molecule has 3 rings (SSSR count). The predicted molar refractivity (Wildman–Crippen MR) is 92.1 cm³/mol. The molecule has 0 spiro atoms. The zero-order chi connectivity index (χ0) is 16.2. The molecule has 5 heteroatoms. The Labute approximate surface area is 139 Å². The number of amides is 1. The second kappa shape index (κ2) is 6.67. The van der Waals surface area contributed by atoms with E-state index in [1.54, 1.807) is 30.6 Å². The number of rotatable bonds is 4. The molecule has 2 aromatic carbocycles. The Kier molecular flexibility index (Phi) is 4.44. The summed E-state index contributed by atoms with van der Waals surface area (Å²) in [5.41, 5.74) is 1.63. The number of pyridine rings is 1. The molecule has 1 heterocycles. The molecular weight excluding hydrogens is 312 g/mol. The Balaban J connectivity index is 1.68. The second-order valence-corrected chi connectivity index (χ2v) is 5.56. The molecule has 0 fully saturated rings. The minimum atomic E-state index is -0.228. The van der Waals surface area contributed by atoms with Crippen molar-refractivity contribution in [3.05, 3.63) is 65.4 Å². The Hall–Kier alpha value is -2.59. The van der Waals surface area contributed by atoms with Crippen molar-refractivity contribution in [3.8, 4) is 5.75 Å². The van der Waals surface area contributed by atoms with Crippen LogP contribution in [0.5, 0.6) is 5.75 Å². The summed E-state index contributed by atoms with van der Waals surface area (Å²) in [5, 5.41) is 5.44. The lowest BCUT2D eigenvalue weighted by Crippen LogP contribution is -2.20. The normalized spacial score (nSPS) is 10.5. The van der Waals surface area contributed by atoms with Crippen molar-refractivity contribution in [2.45, 2.75) is 6.92 Å². The summed E-state index contributed by atoms with van der Waals surface area (Å²) < 4.78 is 5.50. The van der Waals surface area contributed by atoms with Gasteiger partial charge in [-0.3, -0.25) is 9.78 Å². The summed E-state index contributed by atoms with van der Waals surface area (Å²) in [6.07, 6.45) is 3.45. The van der Waals surface area contributed by atoms with Gasteiger partial charge in [0.1, 0.15) is 5.75 Å². The number of nitrogens with one attached hydrogen (secondary N) is 1. The molecule has 3 aromatic rings. The fourth-order valence-corrected chi connectivity index (χ4v) is 2.38. The maximum atomic E-state index is 12.1. The van der Waals surface area contributed by atoms with Gasteiger partial charge in [-0.2, -0.15) is 0 Å². The highest BCUT2D eigenvalue weighted by Crippen LogP contribution is 2.23. The number of hydrogen-bond donors (Lipinski definition) is 1. The van der Waals surface area contributed by atoms with Gasteiger partial charge in [0.25, 0.3) is 5.91 Å². The van der Waals surface area contributed by atoms with Crippen molar-refractivity contribution in [1.82, 2.24) is 4.98 Å². The monoisotopic (exact) mass is 326 g/mol.